The quantitative estimate of drug-likeness (QED) is 0.450. The van der Waals surface area contributed by atoms with Crippen LogP contribution in [0.4, 0.5) is 5.69 Å². The minimum atomic E-state index is -0.310. The average Bonchev–Trinajstić information content (AvgIpc) is 3.21. The van der Waals surface area contributed by atoms with Crippen molar-refractivity contribution in [2.45, 2.75) is 38.6 Å². The summed E-state index contributed by atoms with van der Waals surface area (Å²) in [7, 11) is 3.20. The number of benzene rings is 2. The molecule has 0 radical (unpaired) electrons. The van der Waals surface area contributed by atoms with E-state index >= 15 is 0 Å². The molecular weight excluding hydrogens is 428 g/mol. The van der Waals surface area contributed by atoms with Crippen LogP contribution in [-0.4, -0.2) is 40.6 Å². The molecule has 1 heterocycles. The number of methoxy groups -OCH3 is 2. The second-order valence-electron chi connectivity index (χ2n) is 7.06. The molecule has 0 saturated carbocycles. The third-order valence-corrected chi connectivity index (χ3v) is 5.73. The molecule has 1 atom stereocenters. The van der Waals surface area contributed by atoms with Gasteiger partial charge < -0.3 is 24.1 Å². The Hall–Kier alpha value is -3.20. The summed E-state index contributed by atoms with van der Waals surface area (Å²) >= 11 is 1.33. The number of ether oxygens (including phenoxy) is 3. The SMILES string of the molecule is CCn1c(SCC(=O)Nc2cc(C)ccc2OC)nnc1C(C)Oc1ccc(OC)cc1. The number of thioether (sulfide) groups is 1. The van der Waals surface area contributed by atoms with E-state index in [1.807, 2.05) is 67.8 Å². The van der Waals surface area contributed by atoms with Gasteiger partial charge in [0.2, 0.25) is 5.91 Å². The lowest BCUT2D eigenvalue weighted by atomic mass is 10.2. The normalized spacial score (nSPS) is 11.7. The highest BCUT2D eigenvalue weighted by atomic mass is 32.2. The molecule has 2 aromatic carbocycles. The van der Waals surface area contributed by atoms with Gasteiger partial charge in [-0.3, -0.25) is 4.79 Å². The van der Waals surface area contributed by atoms with Crippen LogP contribution < -0.4 is 19.5 Å². The molecule has 0 aliphatic heterocycles. The predicted molar refractivity (Wildman–Crippen MR) is 125 cm³/mol. The van der Waals surface area contributed by atoms with E-state index in [4.69, 9.17) is 14.2 Å². The number of aromatic nitrogens is 3. The number of hydrogen-bond donors (Lipinski definition) is 1. The summed E-state index contributed by atoms with van der Waals surface area (Å²) in [6, 6.07) is 13.0. The summed E-state index contributed by atoms with van der Waals surface area (Å²) in [4.78, 5) is 12.5. The number of nitrogens with zero attached hydrogens (tertiary/aromatic N) is 3. The first-order valence-electron chi connectivity index (χ1n) is 10.3. The molecule has 9 heteroatoms. The fourth-order valence-electron chi connectivity index (χ4n) is 3.15. The molecule has 3 aromatic rings. The largest absolute Gasteiger partial charge is 0.497 e. The maximum Gasteiger partial charge on any atom is 0.234 e. The number of carbonyl (C=O) groups excluding carboxylic acids is 1. The van der Waals surface area contributed by atoms with E-state index in [2.05, 4.69) is 15.5 Å². The van der Waals surface area contributed by atoms with Crippen molar-refractivity contribution in [1.82, 2.24) is 14.8 Å². The minimum Gasteiger partial charge on any atom is -0.497 e. The first kappa shape index (κ1) is 23.5. The van der Waals surface area contributed by atoms with Crippen molar-refractivity contribution in [3.8, 4) is 17.2 Å². The van der Waals surface area contributed by atoms with Crippen LogP contribution in [0.1, 0.15) is 31.3 Å². The van der Waals surface area contributed by atoms with Crippen LogP contribution in [0.5, 0.6) is 17.2 Å². The minimum absolute atomic E-state index is 0.145. The zero-order chi connectivity index (χ0) is 23.1. The molecule has 0 aliphatic carbocycles. The summed E-state index contributed by atoms with van der Waals surface area (Å²) in [6.07, 6.45) is -0.310. The molecule has 0 saturated heterocycles. The fourth-order valence-corrected chi connectivity index (χ4v) is 3.96. The number of amides is 1. The fraction of sp³-hybridized carbons (Fsp3) is 0.348. The molecule has 32 heavy (non-hydrogen) atoms. The van der Waals surface area contributed by atoms with Crippen LogP contribution in [0.2, 0.25) is 0 Å². The number of anilines is 1. The Balaban J connectivity index is 1.64. The Labute approximate surface area is 192 Å². The molecule has 1 unspecified atom stereocenters. The summed E-state index contributed by atoms with van der Waals surface area (Å²) < 4.78 is 18.5. The molecular formula is C23H28N4O4S. The van der Waals surface area contributed by atoms with Crippen molar-refractivity contribution < 1.29 is 19.0 Å². The molecule has 1 aromatic heterocycles. The monoisotopic (exact) mass is 456 g/mol. The molecule has 1 N–H and O–H groups in total. The van der Waals surface area contributed by atoms with Crippen LogP contribution in [0.15, 0.2) is 47.6 Å². The van der Waals surface area contributed by atoms with Gasteiger partial charge in [0.05, 0.1) is 25.7 Å². The van der Waals surface area contributed by atoms with Gasteiger partial charge in [-0.2, -0.15) is 0 Å². The first-order valence-corrected chi connectivity index (χ1v) is 11.2. The lowest BCUT2D eigenvalue weighted by Gasteiger charge is -2.16. The molecule has 1 amide bonds. The number of rotatable bonds is 10. The molecule has 8 nitrogen and oxygen atoms in total. The van der Waals surface area contributed by atoms with Crippen molar-refractivity contribution in [2.75, 3.05) is 25.3 Å². The number of aryl methyl sites for hydroxylation is 1. The third kappa shape index (κ3) is 5.73. The summed E-state index contributed by atoms with van der Waals surface area (Å²) in [6.45, 7) is 6.55. The van der Waals surface area contributed by atoms with Gasteiger partial charge in [0.15, 0.2) is 17.1 Å². The lowest BCUT2D eigenvalue weighted by molar-refractivity contribution is -0.113. The van der Waals surface area contributed by atoms with E-state index in [1.54, 1.807) is 14.2 Å². The smallest absolute Gasteiger partial charge is 0.234 e. The van der Waals surface area contributed by atoms with Gasteiger partial charge in [0.25, 0.3) is 0 Å². The Morgan fingerprint density at radius 1 is 1.09 bits per heavy atom. The van der Waals surface area contributed by atoms with Crippen LogP contribution >= 0.6 is 11.8 Å². The highest BCUT2D eigenvalue weighted by Crippen LogP contribution is 2.27. The van der Waals surface area contributed by atoms with Crippen LogP contribution in [0.25, 0.3) is 0 Å². The summed E-state index contributed by atoms with van der Waals surface area (Å²) in [5, 5.41) is 12.2. The zero-order valence-electron chi connectivity index (χ0n) is 18.9. The second-order valence-corrected chi connectivity index (χ2v) is 8.00. The molecule has 170 valence electrons. The zero-order valence-corrected chi connectivity index (χ0v) is 19.7. The van der Waals surface area contributed by atoms with Crippen LogP contribution in [-0.2, 0) is 11.3 Å². The molecule has 0 spiro atoms. The van der Waals surface area contributed by atoms with Crippen molar-refractivity contribution >= 4 is 23.4 Å². The van der Waals surface area contributed by atoms with Gasteiger partial charge in [-0.1, -0.05) is 17.8 Å². The van der Waals surface area contributed by atoms with E-state index in [1.165, 1.54) is 11.8 Å². The van der Waals surface area contributed by atoms with Gasteiger partial charge in [-0.25, -0.2) is 0 Å². The second kappa shape index (κ2) is 10.9. The molecule has 0 aliphatic rings. The Morgan fingerprint density at radius 3 is 2.47 bits per heavy atom. The summed E-state index contributed by atoms with van der Waals surface area (Å²) in [5.41, 5.74) is 1.69. The Morgan fingerprint density at radius 2 is 1.81 bits per heavy atom. The van der Waals surface area contributed by atoms with E-state index in [0.29, 0.717) is 34.7 Å². The van der Waals surface area contributed by atoms with Gasteiger partial charge >= 0.3 is 0 Å². The lowest BCUT2D eigenvalue weighted by Crippen LogP contribution is -2.16. The first-order chi connectivity index (χ1) is 15.4. The standard InChI is InChI=1S/C23H28N4O4S/c1-6-27-22(16(3)31-18-10-8-17(29-4)9-11-18)25-26-23(27)32-14-21(28)24-19-13-15(2)7-12-20(19)30-5/h7-13,16H,6,14H2,1-5H3,(H,24,28). The highest BCUT2D eigenvalue weighted by Gasteiger charge is 2.20. The third-order valence-electron chi connectivity index (χ3n) is 4.76. The maximum atomic E-state index is 12.5. The van der Waals surface area contributed by atoms with Crippen LogP contribution in [0.3, 0.4) is 0 Å². The highest BCUT2D eigenvalue weighted by molar-refractivity contribution is 7.99. The van der Waals surface area contributed by atoms with Gasteiger partial charge in [0, 0.05) is 6.54 Å². The number of nitrogens with one attached hydrogen (secondary N) is 1. The van der Waals surface area contributed by atoms with Crippen molar-refractivity contribution in [2.24, 2.45) is 0 Å². The Kier molecular flexibility index (Phi) is 7.99. The van der Waals surface area contributed by atoms with Crippen molar-refractivity contribution in [3.63, 3.8) is 0 Å². The van der Waals surface area contributed by atoms with E-state index in [-0.39, 0.29) is 17.8 Å². The summed E-state index contributed by atoms with van der Waals surface area (Å²) in [5.74, 6) is 2.85. The van der Waals surface area contributed by atoms with Crippen molar-refractivity contribution in [3.05, 3.63) is 53.9 Å². The van der Waals surface area contributed by atoms with Gasteiger partial charge in [-0.05, 0) is 62.7 Å². The van der Waals surface area contributed by atoms with E-state index < -0.39 is 0 Å². The maximum absolute atomic E-state index is 12.5. The number of carbonyl (C=O) groups is 1. The van der Waals surface area contributed by atoms with E-state index in [9.17, 15) is 4.79 Å². The van der Waals surface area contributed by atoms with Crippen LogP contribution in [0, 0.1) is 6.92 Å². The number of hydrogen-bond acceptors (Lipinski definition) is 7. The van der Waals surface area contributed by atoms with Gasteiger partial charge in [-0.15, -0.1) is 10.2 Å². The topological polar surface area (TPSA) is 87.5 Å². The van der Waals surface area contributed by atoms with E-state index in [0.717, 1.165) is 11.3 Å². The average molecular weight is 457 g/mol. The molecule has 0 fully saturated rings. The molecule has 0 bridgehead atoms. The van der Waals surface area contributed by atoms with Crippen molar-refractivity contribution in [1.29, 1.82) is 0 Å². The van der Waals surface area contributed by atoms with Gasteiger partial charge in [0.1, 0.15) is 17.2 Å². The Bertz CT molecular complexity index is 1050. The predicted octanol–water partition coefficient (Wildman–Crippen LogP) is 4.49. The molecule has 3 rings (SSSR count).